The second kappa shape index (κ2) is 16.0. The number of amides is 1. The van der Waals surface area contributed by atoms with E-state index < -0.39 is 36.4 Å². The Morgan fingerprint density at radius 2 is 1.63 bits per heavy atom. The molecule has 2 aromatic rings. The van der Waals surface area contributed by atoms with Crippen molar-refractivity contribution in [2.75, 3.05) is 26.7 Å². The third-order valence-corrected chi connectivity index (χ3v) is 7.53. The van der Waals surface area contributed by atoms with E-state index in [0.717, 1.165) is 52.9 Å². The largest absolute Gasteiger partial charge is 0.497 e. The van der Waals surface area contributed by atoms with Gasteiger partial charge in [0.25, 0.3) is 0 Å². The van der Waals surface area contributed by atoms with Crippen LogP contribution >= 0.6 is 11.3 Å². The van der Waals surface area contributed by atoms with Gasteiger partial charge in [-0.25, -0.2) is 9.78 Å². The van der Waals surface area contributed by atoms with Gasteiger partial charge in [0.05, 0.1) is 37.1 Å². The van der Waals surface area contributed by atoms with Gasteiger partial charge in [-0.3, -0.25) is 14.4 Å². The number of likely N-dealkylation sites (tertiary alicyclic amines) is 1. The maximum Gasteiger partial charge on any atom is 0.336 e. The molecule has 5 N–H and O–H groups in total. The number of rotatable bonds is 13. The number of thiazole rings is 1. The minimum atomic E-state index is -2.74. The SMILES string of the molecule is CCC(CN1CCCCC1)NC(=O)Cc1sc(C)nc1-c1ccc(OC)cc1.O=C(O)CC(O)(CC(=O)O)C(=O)O. The van der Waals surface area contributed by atoms with Crippen LogP contribution in [0.5, 0.6) is 5.75 Å². The maximum atomic E-state index is 12.7. The molecule has 1 saturated heterocycles. The Hall–Kier alpha value is -3.55. The van der Waals surface area contributed by atoms with Gasteiger partial charge >= 0.3 is 17.9 Å². The van der Waals surface area contributed by atoms with Crippen LogP contribution < -0.4 is 10.1 Å². The zero-order chi connectivity index (χ0) is 30.6. The number of hydrogen-bond acceptors (Lipinski definition) is 9. The molecule has 41 heavy (non-hydrogen) atoms. The molecule has 1 fully saturated rings. The molecule has 1 aliphatic rings. The molecular weight excluding hydrogens is 554 g/mol. The van der Waals surface area contributed by atoms with E-state index in [1.165, 1.54) is 19.3 Å². The molecule has 1 aliphatic heterocycles. The lowest BCUT2D eigenvalue weighted by molar-refractivity contribution is -0.170. The van der Waals surface area contributed by atoms with Crippen molar-refractivity contribution < 1.29 is 44.3 Å². The van der Waals surface area contributed by atoms with E-state index in [1.807, 2.05) is 31.2 Å². The van der Waals surface area contributed by atoms with Gasteiger partial charge in [0.15, 0.2) is 5.60 Å². The molecule has 13 heteroatoms. The monoisotopic (exact) mass is 593 g/mol. The highest BCUT2D eigenvalue weighted by atomic mass is 32.1. The van der Waals surface area contributed by atoms with Crippen molar-refractivity contribution >= 4 is 35.2 Å². The quantitative estimate of drug-likeness (QED) is 0.230. The Morgan fingerprint density at radius 3 is 2.12 bits per heavy atom. The lowest BCUT2D eigenvalue weighted by atomic mass is 9.96. The van der Waals surface area contributed by atoms with Gasteiger partial charge in [0.2, 0.25) is 5.91 Å². The summed E-state index contributed by atoms with van der Waals surface area (Å²) >= 11 is 1.60. The van der Waals surface area contributed by atoms with Crippen molar-refractivity contribution in [1.82, 2.24) is 15.2 Å². The Kier molecular flexibility index (Phi) is 13.2. The fraction of sp³-hybridized carbons (Fsp3) is 0.536. The number of carbonyl (C=O) groups excluding carboxylic acids is 1. The van der Waals surface area contributed by atoms with Gasteiger partial charge in [0, 0.05) is 23.0 Å². The first kappa shape index (κ1) is 33.7. The van der Waals surface area contributed by atoms with Crippen LogP contribution in [-0.4, -0.2) is 92.5 Å². The number of methoxy groups -OCH3 is 1. The molecule has 3 rings (SSSR count). The van der Waals surface area contributed by atoms with Crippen molar-refractivity contribution in [2.24, 2.45) is 0 Å². The molecule has 1 aromatic carbocycles. The van der Waals surface area contributed by atoms with Crippen LogP contribution in [0, 0.1) is 6.92 Å². The number of carbonyl (C=O) groups is 4. The molecule has 12 nitrogen and oxygen atoms in total. The summed E-state index contributed by atoms with van der Waals surface area (Å²) in [6.07, 6.45) is 2.92. The lowest BCUT2D eigenvalue weighted by Gasteiger charge is -2.30. The summed E-state index contributed by atoms with van der Waals surface area (Å²) in [6, 6.07) is 8.07. The molecule has 0 aliphatic carbocycles. The number of nitrogens with zero attached hydrogens (tertiary/aromatic N) is 2. The predicted molar refractivity (Wildman–Crippen MR) is 152 cm³/mol. The maximum absolute atomic E-state index is 12.7. The Balaban J connectivity index is 0.000000383. The number of hydrogen-bond donors (Lipinski definition) is 5. The van der Waals surface area contributed by atoms with Crippen molar-refractivity contribution in [3.8, 4) is 17.0 Å². The second-order valence-electron chi connectivity index (χ2n) is 9.92. The predicted octanol–water partition coefficient (Wildman–Crippen LogP) is 2.80. The molecule has 1 amide bonds. The summed E-state index contributed by atoms with van der Waals surface area (Å²) in [5.74, 6) is -4.12. The fourth-order valence-electron chi connectivity index (χ4n) is 4.43. The molecule has 0 saturated carbocycles. The first-order chi connectivity index (χ1) is 19.4. The molecule has 0 bridgehead atoms. The summed E-state index contributed by atoms with van der Waals surface area (Å²) in [5.41, 5.74) is -0.810. The average Bonchev–Trinajstić information content (AvgIpc) is 3.27. The summed E-state index contributed by atoms with van der Waals surface area (Å²) in [5, 5.41) is 38.0. The number of aliphatic hydroxyl groups is 1. The fourth-order valence-corrected chi connectivity index (χ4v) is 5.39. The minimum Gasteiger partial charge on any atom is -0.497 e. The average molecular weight is 594 g/mol. The van der Waals surface area contributed by atoms with E-state index >= 15 is 0 Å². The van der Waals surface area contributed by atoms with E-state index in [0.29, 0.717) is 6.42 Å². The normalized spacial score (nSPS) is 14.3. The number of aryl methyl sites for hydroxylation is 1. The van der Waals surface area contributed by atoms with Crippen LogP contribution in [0.1, 0.15) is 55.3 Å². The number of carboxylic acids is 3. The zero-order valence-electron chi connectivity index (χ0n) is 23.6. The highest BCUT2D eigenvalue weighted by molar-refractivity contribution is 7.12. The molecule has 226 valence electrons. The molecule has 1 unspecified atom stereocenters. The van der Waals surface area contributed by atoms with Crippen LogP contribution in [-0.2, 0) is 25.6 Å². The summed E-state index contributed by atoms with van der Waals surface area (Å²) in [6.45, 7) is 7.40. The number of aromatic nitrogens is 1. The minimum absolute atomic E-state index is 0.0854. The molecular formula is C28H39N3O9S. The van der Waals surface area contributed by atoms with Gasteiger partial charge in [-0.05, 0) is 63.5 Å². The molecule has 2 heterocycles. The Morgan fingerprint density at radius 1 is 1.05 bits per heavy atom. The molecule has 1 aromatic heterocycles. The number of benzene rings is 1. The number of aliphatic carboxylic acids is 3. The second-order valence-corrected chi connectivity index (χ2v) is 11.2. The summed E-state index contributed by atoms with van der Waals surface area (Å²) in [4.78, 5) is 51.4. The van der Waals surface area contributed by atoms with Gasteiger partial charge in [-0.1, -0.05) is 13.3 Å². The first-order valence-corrected chi connectivity index (χ1v) is 14.2. The third kappa shape index (κ3) is 11.1. The van der Waals surface area contributed by atoms with Crippen LogP contribution in [0.2, 0.25) is 0 Å². The van der Waals surface area contributed by atoms with Crippen molar-refractivity contribution in [2.45, 2.75) is 70.4 Å². The van der Waals surface area contributed by atoms with Crippen LogP contribution in [0.25, 0.3) is 11.3 Å². The molecule has 1 atom stereocenters. The van der Waals surface area contributed by atoms with Crippen LogP contribution in [0.15, 0.2) is 24.3 Å². The van der Waals surface area contributed by atoms with Crippen LogP contribution in [0.3, 0.4) is 0 Å². The summed E-state index contributed by atoms with van der Waals surface area (Å²) in [7, 11) is 1.66. The van der Waals surface area contributed by atoms with Crippen molar-refractivity contribution in [3.63, 3.8) is 0 Å². The van der Waals surface area contributed by atoms with E-state index in [2.05, 4.69) is 22.1 Å². The first-order valence-electron chi connectivity index (χ1n) is 13.4. The Labute approximate surface area is 243 Å². The van der Waals surface area contributed by atoms with E-state index in [4.69, 9.17) is 25.2 Å². The lowest BCUT2D eigenvalue weighted by Crippen LogP contribution is -2.45. The standard InChI is InChI=1S/C22H31N3O2S.C6H8O7/c1-4-18(15-25-12-6-5-7-13-25)24-21(26)14-20-22(23-16(2)28-20)17-8-10-19(27-3)11-9-17;7-3(8)1-6(13,5(11)12)2-4(9)10/h8-11,18H,4-7,12-15H2,1-3H3,(H,24,26);13H,1-2H2,(H,7,8)(H,9,10)(H,11,12). The number of piperidine rings is 1. The van der Waals surface area contributed by atoms with Gasteiger partial charge in [-0.2, -0.15) is 0 Å². The van der Waals surface area contributed by atoms with Crippen molar-refractivity contribution in [3.05, 3.63) is 34.2 Å². The van der Waals surface area contributed by atoms with Crippen LogP contribution in [0.4, 0.5) is 0 Å². The van der Waals surface area contributed by atoms with Gasteiger partial charge < -0.3 is 35.4 Å². The number of ether oxygens (including phenoxy) is 1. The van der Waals surface area contributed by atoms with E-state index in [-0.39, 0.29) is 11.9 Å². The number of carboxylic acid groups (broad SMARTS) is 3. The smallest absolute Gasteiger partial charge is 0.336 e. The molecule has 0 radical (unpaired) electrons. The Bertz CT molecular complexity index is 1160. The zero-order valence-corrected chi connectivity index (χ0v) is 24.4. The molecule has 0 spiro atoms. The number of nitrogens with one attached hydrogen (secondary N) is 1. The van der Waals surface area contributed by atoms with Crippen molar-refractivity contribution in [1.29, 1.82) is 0 Å². The highest BCUT2D eigenvalue weighted by Gasteiger charge is 2.40. The summed E-state index contributed by atoms with van der Waals surface area (Å²) < 4.78 is 5.24. The van der Waals surface area contributed by atoms with E-state index in [9.17, 15) is 19.2 Å². The highest BCUT2D eigenvalue weighted by Crippen LogP contribution is 2.30. The van der Waals surface area contributed by atoms with Gasteiger partial charge in [0.1, 0.15) is 5.75 Å². The van der Waals surface area contributed by atoms with Gasteiger partial charge in [-0.15, -0.1) is 11.3 Å². The topological polar surface area (TPSA) is 187 Å². The van der Waals surface area contributed by atoms with E-state index in [1.54, 1.807) is 18.4 Å². The third-order valence-electron chi connectivity index (χ3n) is 6.56.